The Morgan fingerprint density at radius 2 is 1.94 bits per heavy atom. The van der Waals surface area contributed by atoms with Gasteiger partial charge in [-0.2, -0.15) is 0 Å². The summed E-state index contributed by atoms with van der Waals surface area (Å²) in [5.41, 5.74) is 4.42. The minimum absolute atomic E-state index is 0.0820. The molecule has 0 bridgehead atoms. The number of carbonyl (C=O) groups excluding carboxylic acids is 3. The Labute approximate surface area is 106 Å². The van der Waals surface area contributed by atoms with Gasteiger partial charge in [0.1, 0.15) is 6.04 Å². The SMILES string of the molecule is CC1(C)[C@@H]([C@H]2NC(=O)NC2=O)CC[C@@]1(C)C(N)=O. The Balaban J connectivity index is 2.30. The van der Waals surface area contributed by atoms with Crippen molar-refractivity contribution in [1.82, 2.24) is 10.6 Å². The fourth-order valence-corrected chi connectivity index (χ4v) is 3.28. The first kappa shape index (κ1) is 12.9. The van der Waals surface area contributed by atoms with Crippen molar-refractivity contribution >= 4 is 17.8 Å². The van der Waals surface area contributed by atoms with E-state index in [-0.39, 0.29) is 17.7 Å². The van der Waals surface area contributed by atoms with Gasteiger partial charge < -0.3 is 11.1 Å². The molecule has 4 amide bonds. The lowest BCUT2D eigenvalue weighted by Crippen LogP contribution is -2.50. The van der Waals surface area contributed by atoms with E-state index in [1.165, 1.54) is 0 Å². The maximum absolute atomic E-state index is 11.7. The van der Waals surface area contributed by atoms with Gasteiger partial charge in [-0.15, -0.1) is 0 Å². The molecule has 0 unspecified atom stereocenters. The summed E-state index contributed by atoms with van der Waals surface area (Å²) in [5, 5.41) is 4.86. The molecule has 1 saturated carbocycles. The van der Waals surface area contributed by atoms with Gasteiger partial charge in [0.15, 0.2) is 0 Å². The molecule has 100 valence electrons. The molecule has 4 N–H and O–H groups in total. The van der Waals surface area contributed by atoms with Crippen molar-refractivity contribution in [2.45, 2.75) is 39.7 Å². The summed E-state index contributed by atoms with van der Waals surface area (Å²) in [6.07, 6.45) is 1.34. The van der Waals surface area contributed by atoms with Crippen LogP contribution in [0.1, 0.15) is 33.6 Å². The van der Waals surface area contributed by atoms with Crippen molar-refractivity contribution in [2.24, 2.45) is 22.5 Å². The Bertz CT molecular complexity index is 432. The predicted octanol–water partition coefficient (Wildman–Crippen LogP) is 0.122. The van der Waals surface area contributed by atoms with Crippen LogP contribution in [0.2, 0.25) is 0 Å². The molecule has 1 heterocycles. The maximum atomic E-state index is 11.7. The van der Waals surface area contributed by atoms with Gasteiger partial charge >= 0.3 is 6.03 Å². The Morgan fingerprint density at radius 3 is 2.33 bits per heavy atom. The molecule has 2 fully saturated rings. The van der Waals surface area contributed by atoms with Crippen LogP contribution in [0.15, 0.2) is 0 Å². The van der Waals surface area contributed by atoms with E-state index in [1.54, 1.807) is 0 Å². The quantitative estimate of drug-likeness (QED) is 0.609. The van der Waals surface area contributed by atoms with Crippen LogP contribution in [0, 0.1) is 16.7 Å². The number of nitrogens with one attached hydrogen (secondary N) is 2. The first-order valence-electron chi connectivity index (χ1n) is 6.11. The van der Waals surface area contributed by atoms with E-state index in [0.29, 0.717) is 12.8 Å². The van der Waals surface area contributed by atoms with Crippen LogP contribution in [-0.4, -0.2) is 23.9 Å². The van der Waals surface area contributed by atoms with E-state index >= 15 is 0 Å². The molecule has 2 aliphatic rings. The first-order valence-corrected chi connectivity index (χ1v) is 6.11. The maximum Gasteiger partial charge on any atom is 0.322 e. The van der Waals surface area contributed by atoms with E-state index in [2.05, 4.69) is 10.6 Å². The third-order valence-corrected chi connectivity index (χ3v) is 5.06. The van der Waals surface area contributed by atoms with Crippen molar-refractivity contribution in [3.8, 4) is 0 Å². The van der Waals surface area contributed by atoms with Crippen LogP contribution < -0.4 is 16.4 Å². The number of imide groups is 1. The van der Waals surface area contributed by atoms with Crippen molar-refractivity contribution < 1.29 is 14.4 Å². The minimum atomic E-state index is -0.648. The third kappa shape index (κ3) is 1.51. The first-order chi connectivity index (χ1) is 8.20. The number of nitrogens with two attached hydrogens (primary N) is 1. The van der Waals surface area contributed by atoms with Crippen LogP contribution in [0.3, 0.4) is 0 Å². The number of hydrogen-bond donors (Lipinski definition) is 3. The lowest BCUT2D eigenvalue weighted by Gasteiger charge is -2.40. The number of urea groups is 1. The number of carbonyl (C=O) groups is 3. The smallest absolute Gasteiger partial charge is 0.322 e. The number of rotatable bonds is 2. The van der Waals surface area contributed by atoms with Gasteiger partial charge in [-0.3, -0.25) is 14.9 Å². The lowest BCUT2D eigenvalue weighted by atomic mass is 9.64. The van der Waals surface area contributed by atoms with Gasteiger partial charge in [-0.25, -0.2) is 4.79 Å². The molecule has 18 heavy (non-hydrogen) atoms. The van der Waals surface area contributed by atoms with Crippen molar-refractivity contribution in [3.05, 3.63) is 0 Å². The lowest BCUT2D eigenvalue weighted by molar-refractivity contribution is -0.134. The second-order valence-electron chi connectivity index (χ2n) is 6.00. The number of amides is 4. The fourth-order valence-electron chi connectivity index (χ4n) is 3.28. The summed E-state index contributed by atoms with van der Waals surface area (Å²) in [7, 11) is 0. The highest BCUT2D eigenvalue weighted by atomic mass is 16.2. The standard InChI is InChI=1S/C12H19N3O3/c1-11(2)6(4-5-12(11,3)9(13)17)7-8(16)15-10(18)14-7/h6-7H,4-5H2,1-3H3,(H2,13,17)(H2,14,15,16,18)/t6-,7-,12+/m1/s1. The fraction of sp³-hybridized carbons (Fsp3) is 0.750. The molecule has 2 rings (SSSR count). The van der Waals surface area contributed by atoms with Crippen molar-refractivity contribution in [1.29, 1.82) is 0 Å². The van der Waals surface area contributed by atoms with Crippen molar-refractivity contribution in [2.75, 3.05) is 0 Å². The summed E-state index contributed by atoms with van der Waals surface area (Å²) in [5.74, 6) is -0.743. The number of hydrogen-bond acceptors (Lipinski definition) is 3. The molecule has 1 saturated heterocycles. The Morgan fingerprint density at radius 1 is 1.33 bits per heavy atom. The molecule has 0 aromatic carbocycles. The van der Waals surface area contributed by atoms with Gasteiger partial charge in [0.05, 0.1) is 5.41 Å². The molecule has 0 aromatic heterocycles. The topological polar surface area (TPSA) is 101 Å². The molecule has 1 aliphatic carbocycles. The summed E-state index contributed by atoms with van der Waals surface area (Å²) in [6.45, 7) is 5.71. The normalized spacial score (nSPS) is 38.4. The zero-order chi connectivity index (χ0) is 13.7. The highest BCUT2D eigenvalue weighted by Gasteiger charge is 2.59. The molecule has 6 heteroatoms. The Hall–Kier alpha value is -1.59. The summed E-state index contributed by atoms with van der Waals surface area (Å²) >= 11 is 0. The van der Waals surface area contributed by atoms with Crippen LogP contribution >= 0.6 is 0 Å². The largest absolute Gasteiger partial charge is 0.369 e. The minimum Gasteiger partial charge on any atom is -0.369 e. The van der Waals surface area contributed by atoms with Gasteiger partial charge in [0.2, 0.25) is 5.91 Å². The molecule has 0 spiro atoms. The number of primary amides is 1. The second kappa shape index (κ2) is 3.70. The Kier molecular flexibility index (Phi) is 2.64. The highest BCUT2D eigenvalue weighted by molar-refractivity contribution is 6.04. The van der Waals surface area contributed by atoms with Crippen LogP contribution in [0.5, 0.6) is 0 Å². The van der Waals surface area contributed by atoms with E-state index in [4.69, 9.17) is 5.73 Å². The van der Waals surface area contributed by atoms with E-state index < -0.39 is 22.9 Å². The van der Waals surface area contributed by atoms with Crippen molar-refractivity contribution in [3.63, 3.8) is 0 Å². The third-order valence-electron chi connectivity index (χ3n) is 5.06. The molecular weight excluding hydrogens is 234 g/mol. The zero-order valence-electron chi connectivity index (χ0n) is 10.9. The van der Waals surface area contributed by atoms with Crippen LogP contribution in [0.4, 0.5) is 4.79 Å². The summed E-state index contributed by atoms with van der Waals surface area (Å²) in [4.78, 5) is 34.6. The molecule has 3 atom stereocenters. The van der Waals surface area contributed by atoms with E-state index in [9.17, 15) is 14.4 Å². The van der Waals surface area contributed by atoms with Crippen LogP contribution in [0.25, 0.3) is 0 Å². The van der Waals surface area contributed by atoms with Gasteiger partial charge in [-0.1, -0.05) is 20.8 Å². The van der Waals surface area contributed by atoms with Crippen LogP contribution in [-0.2, 0) is 9.59 Å². The zero-order valence-corrected chi connectivity index (χ0v) is 10.9. The van der Waals surface area contributed by atoms with Gasteiger partial charge in [-0.05, 0) is 24.2 Å². The van der Waals surface area contributed by atoms with E-state index in [1.807, 2.05) is 20.8 Å². The van der Waals surface area contributed by atoms with Gasteiger partial charge in [0, 0.05) is 0 Å². The molecule has 0 radical (unpaired) electrons. The summed E-state index contributed by atoms with van der Waals surface area (Å²) in [6, 6.07) is -1.03. The molecular formula is C12H19N3O3. The average Bonchev–Trinajstić information content (AvgIpc) is 2.67. The molecule has 6 nitrogen and oxygen atoms in total. The highest BCUT2D eigenvalue weighted by Crippen LogP contribution is 2.56. The molecule has 0 aromatic rings. The predicted molar refractivity (Wildman–Crippen MR) is 64.3 cm³/mol. The summed E-state index contributed by atoms with van der Waals surface area (Å²) < 4.78 is 0. The monoisotopic (exact) mass is 253 g/mol. The van der Waals surface area contributed by atoms with E-state index in [0.717, 1.165) is 0 Å². The average molecular weight is 253 g/mol. The molecule has 1 aliphatic heterocycles. The van der Waals surface area contributed by atoms with Gasteiger partial charge in [0.25, 0.3) is 5.91 Å². The second-order valence-corrected chi connectivity index (χ2v) is 6.00.